The lowest BCUT2D eigenvalue weighted by atomic mass is 9.73. The number of rotatable bonds is 6. The predicted octanol–water partition coefficient (Wildman–Crippen LogP) is 4.52. The Morgan fingerprint density at radius 2 is 1.89 bits per heavy atom. The summed E-state index contributed by atoms with van der Waals surface area (Å²) < 4.78 is 18.7. The number of fused-ring (bicyclic) bond motifs is 2. The topological polar surface area (TPSA) is 106 Å². The fourth-order valence-electron chi connectivity index (χ4n) is 7.78. The Balaban J connectivity index is 1.19. The Morgan fingerprint density at radius 3 is 2.68 bits per heavy atom. The largest absolute Gasteiger partial charge is 0.486 e. The molecule has 7 rings (SSSR count). The second kappa shape index (κ2) is 11.1. The number of halogens is 1. The number of carbonyl (C=O) groups excluding carboxylic acids is 3. The molecule has 0 aromatic heterocycles. The molecule has 44 heavy (non-hydrogen) atoms. The minimum atomic E-state index is -1.27. The van der Waals surface area contributed by atoms with Gasteiger partial charge in [-0.05, 0) is 55.0 Å². The minimum Gasteiger partial charge on any atom is -0.486 e. The zero-order valence-electron chi connectivity index (χ0n) is 25.1. The van der Waals surface area contributed by atoms with Gasteiger partial charge >= 0.3 is 0 Å². The highest BCUT2D eigenvalue weighted by atomic mass is 35.5. The van der Waals surface area contributed by atoms with Crippen molar-refractivity contribution in [2.75, 3.05) is 18.5 Å². The summed E-state index contributed by atoms with van der Waals surface area (Å²) in [6.45, 7) is 6.62. The lowest BCUT2D eigenvalue weighted by Crippen LogP contribution is -2.59. The smallest absolute Gasteiger partial charge is 0.246 e. The molecule has 5 aliphatic rings. The van der Waals surface area contributed by atoms with E-state index in [0.717, 1.165) is 24.8 Å². The number of carbonyl (C=O) groups is 3. The minimum absolute atomic E-state index is 0.00671. The van der Waals surface area contributed by atoms with E-state index in [-0.39, 0.29) is 36.9 Å². The molecule has 9 atom stereocenters. The Labute approximate surface area is 262 Å². The number of para-hydroxylation sites is 2. The number of likely N-dealkylation sites (tertiary alicyclic amines) is 1. The predicted molar refractivity (Wildman–Crippen MR) is 165 cm³/mol. The van der Waals surface area contributed by atoms with Crippen molar-refractivity contribution in [3.05, 3.63) is 65.2 Å². The molecule has 3 amide bonds. The first-order chi connectivity index (χ1) is 21.2. The van der Waals surface area contributed by atoms with Crippen molar-refractivity contribution in [2.45, 2.75) is 69.9 Å². The monoisotopic (exact) mass is 619 g/mol. The van der Waals surface area contributed by atoms with Gasteiger partial charge in [-0.2, -0.15) is 0 Å². The third kappa shape index (κ3) is 4.76. The molecule has 0 unspecified atom stereocenters. The van der Waals surface area contributed by atoms with E-state index in [2.05, 4.69) is 24.5 Å². The van der Waals surface area contributed by atoms with Crippen LogP contribution >= 0.6 is 11.6 Å². The molecule has 2 aromatic rings. The molecule has 2 bridgehead atoms. The second-order valence-electron chi connectivity index (χ2n) is 13.0. The summed E-state index contributed by atoms with van der Waals surface area (Å²) in [4.78, 5) is 44.1. The zero-order valence-corrected chi connectivity index (χ0v) is 25.9. The number of nitrogens with one attached hydrogen (secondary N) is 2. The maximum atomic E-state index is 14.4. The van der Waals surface area contributed by atoms with Crippen LogP contribution in [0.1, 0.15) is 38.7 Å². The summed E-state index contributed by atoms with van der Waals surface area (Å²) in [5.41, 5.74) is 0.161. The van der Waals surface area contributed by atoms with Crippen LogP contribution in [-0.4, -0.2) is 65.7 Å². The van der Waals surface area contributed by atoms with Gasteiger partial charge in [0.15, 0.2) is 17.6 Å². The van der Waals surface area contributed by atoms with E-state index in [4.69, 9.17) is 25.8 Å². The van der Waals surface area contributed by atoms with Crippen LogP contribution in [0.3, 0.4) is 0 Å². The fraction of sp³-hybridized carbons (Fsp3) is 0.500. The number of nitrogens with zero attached hydrogens (tertiary/aromatic N) is 1. The van der Waals surface area contributed by atoms with Crippen molar-refractivity contribution >= 4 is 35.0 Å². The van der Waals surface area contributed by atoms with E-state index in [1.165, 1.54) is 0 Å². The second-order valence-corrected chi connectivity index (χ2v) is 13.4. The Morgan fingerprint density at radius 1 is 1.09 bits per heavy atom. The van der Waals surface area contributed by atoms with Crippen molar-refractivity contribution < 1.29 is 28.6 Å². The van der Waals surface area contributed by atoms with Crippen LogP contribution in [0.5, 0.6) is 11.5 Å². The lowest BCUT2D eigenvalue weighted by molar-refractivity contribution is -0.143. The summed E-state index contributed by atoms with van der Waals surface area (Å²) in [5, 5.41) is 6.77. The molecule has 2 saturated heterocycles. The van der Waals surface area contributed by atoms with Gasteiger partial charge in [0.1, 0.15) is 18.2 Å². The summed E-state index contributed by atoms with van der Waals surface area (Å²) >= 11 is 6.31. The van der Waals surface area contributed by atoms with Gasteiger partial charge < -0.3 is 29.7 Å². The highest BCUT2D eigenvalue weighted by Crippen LogP contribution is 2.55. The first-order valence-electron chi connectivity index (χ1n) is 15.6. The van der Waals surface area contributed by atoms with Crippen LogP contribution < -0.4 is 20.1 Å². The van der Waals surface area contributed by atoms with Gasteiger partial charge in [0.25, 0.3) is 0 Å². The maximum absolute atomic E-state index is 14.4. The molecule has 3 fully saturated rings. The molecule has 1 aliphatic carbocycles. The third-order valence-corrected chi connectivity index (χ3v) is 10.8. The molecule has 9 nitrogen and oxygen atoms in total. The Hall–Kier alpha value is -3.56. The number of benzene rings is 2. The molecule has 10 heteroatoms. The van der Waals surface area contributed by atoms with Gasteiger partial charge in [0, 0.05) is 16.8 Å². The van der Waals surface area contributed by atoms with Gasteiger partial charge in [-0.1, -0.05) is 68.6 Å². The quantitative estimate of drug-likeness (QED) is 0.461. The average Bonchev–Trinajstić information content (AvgIpc) is 3.65. The van der Waals surface area contributed by atoms with Crippen LogP contribution in [0.15, 0.2) is 54.6 Å². The third-order valence-electron chi connectivity index (χ3n) is 10.4. The van der Waals surface area contributed by atoms with Crippen molar-refractivity contribution in [1.29, 1.82) is 0 Å². The Bertz CT molecular complexity index is 1530. The SMILES string of the molecule is Cc1ccc(NC(=O)[C@H]2[C@H]3C=C[C@@]4(O3)[C@H]2C(=O)N(C[C@@H]2COc3ccccc3O2)[C@@H]4C(=O)N[C@@H]2CCC[C@@H](C)[C@H]2C)cc1Cl. The van der Waals surface area contributed by atoms with Crippen LogP contribution in [-0.2, 0) is 19.1 Å². The number of ether oxygens (including phenoxy) is 3. The molecule has 232 valence electrons. The molecule has 2 aromatic carbocycles. The van der Waals surface area contributed by atoms with Crippen molar-refractivity contribution in [2.24, 2.45) is 23.7 Å². The van der Waals surface area contributed by atoms with Gasteiger partial charge in [-0.25, -0.2) is 0 Å². The highest BCUT2D eigenvalue weighted by molar-refractivity contribution is 6.31. The van der Waals surface area contributed by atoms with Gasteiger partial charge in [0.2, 0.25) is 17.7 Å². The first-order valence-corrected chi connectivity index (χ1v) is 16.0. The van der Waals surface area contributed by atoms with E-state index in [1.54, 1.807) is 17.0 Å². The van der Waals surface area contributed by atoms with Gasteiger partial charge in [-0.15, -0.1) is 0 Å². The lowest BCUT2D eigenvalue weighted by Gasteiger charge is -2.38. The van der Waals surface area contributed by atoms with Crippen LogP contribution in [0.25, 0.3) is 0 Å². The maximum Gasteiger partial charge on any atom is 0.246 e. The van der Waals surface area contributed by atoms with Crippen molar-refractivity contribution in [1.82, 2.24) is 10.2 Å². The Kier molecular flexibility index (Phi) is 7.36. The fourth-order valence-corrected chi connectivity index (χ4v) is 7.96. The summed E-state index contributed by atoms with van der Waals surface area (Å²) in [5.74, 6) is -0.580. The number of hydrogen-bond acceptors (Lipinski definition) is 6. The van der Waals surface area contributed by atoms with E-state index in [9.17, 15) is 14.4 Å². The van der Waals surface area contributed by atoms with Crippen LogP contribution in [0, 0.1) is 30.6 Å². The molecular formula is C34H38ClN3O6. The zero-order chi connectivity index (χ0) is 30.7. The van der Waals surface area contributed by atoms with E-state index < -0.39 is 35.7 Å². The molecule has 2 N–H and O–H groups in total. The number of anilines is 1. The number of amides is 3. The molecule has 4 aliphatic heterocycles. The molecular weight excluding hydrogens is 582 g/mol. The summed E-state index contributed by atoms with van der Waals surface area (Å²) in [6.07, 6.45) is 5.57. The van der Waals surface area contributed by atoms with Gasteiger partial charge in [-0.3, -0.25) is 14.4 Å². The van der Waals surface area contributed by atoms with Crippen molar-refractivity contribution in [3.63, 3.8) is 0 Å². The summed E-state index contributed by atoms with van der Waals surface area (Å²) in [6, 6.07) is 11.7. The van der Waals surface area contributed by atoms with Crippen LogP contribution in [0.4, 0.5) is 5.69 Å². The first kappa shape index (κ1) is 29.2. The normalized spacial score (nSPS) is 35.0. The van der Waals surface area contributed by atoms with E-state index in [1.807, 2.05) is 49.4 Å². The number of aryl methyl sites for hydroxylation is 1. The standard InChI is InChI=1S/C34H38ClN3O6/c1-18-7-6-8-24(20(18)3)37-32(40)30-34-14-13-27(44-34)28(31(39)36-21-12-11-19(2)23(35)15-21)29(34)33(41)38(30)16-22-17-42-25-9-4-5-10-26(25)43-22/h4-5,9-15,18,20,22,24,27-30H,6-8,16-17H2,1-3H3,(H,36,39)(H,37,40)/t18-,20-,22-,24-,27-,28+,29-,30-,34-/m1/s1. The van der Waals surface area contributed by atoms with Gasteiger partial charge in [0.05, 0.1) is 24.5 Å². The average molecular weight is 620 g/mol. The molecule has 4 heterocycles. The van der Waals surface area contributed by atoms with Crippen LogP contribution in [0.2, 0.25) is 5.02 Å². The van der Waals surface area contributed by atoms with E-state index >= 15 is 0 Å². The molecule has 1 saturated carbocycles. The van der Waals surface area contributed by atoms with E-state index in [0.29, 0.717) is 34.0 Å². The highest BCUT2D eigenvalue weighted by Gasteiger charge is 2.73. The number of hydrogen-bond donors (Lipinski definition) is 2. The molecule has 0 radical (unpaired) electrons. The molecule has 1 spiro atoms. The summed E-state index contributed by atoms with van der Waals surface area (Å²) in [7, 11) is 0. The van der Waals surface area contributed by atoms with Crippen molar-refractivity contribution in [3.8, 4) is 11.5 Å².